The molecular weight excluding hydrogens is 316 g/mol. The van der Waals surface area contributed by atoms with E-state index in [0.29, 0.717) is 24.6 Å². The Kier molecular flexibility index (Phi) is 3.78. The summed E-state index contributed by atoms with van der Waals surface area (Å²) in [4.78, 5) is 23.7. The second-order valence-corrected chi connectivity index (χ2v) is 7.11. The number of carbonyl (C=O) groups excluding carboxylic acids is 1. The topological polar surface area (TPSA) is 79.7 Å². The predicted molar refractivity (Wildman–Crippen MR) is 94.1 cm³/mol. The van der Waals surface area contributed by atoms with Crippen LogP contribution in [0.2, 0.25) is 0 Å². The lowest BCUT2D eigenvalue weighted by molar-refractivity contribution is 0.0734. The molecule has 0 spiro atoms. The molecule has 0 fully saturated rings. The average Bonchev–Trinajstić information content (AvgIpc) is 3.17. The summed E-state index contributed by atoms with van der Waals surface area (Å²) < 4.78 is 2.04. The molecule has 1 aliphatic rings. The second-order valence-electron chi connectivity index (χ2n) is 7.11. The van der Waals surface area contributed by atoms with Crippen molar-refractivity contribution in [2.24, 2.45) is 5.92 Å². The standard InChI is InChI=1S/C18H22N6O/c1-11(2)8-24-10-20-16-6-13(7-19-17(16)24)18(25)23-5-4-15-14(9-23)12(3)21-22-15/h6-7,10-11H,4-5,8-9H2,1-3H3,(H,21,22). The number of amides is 1. The van der Waals surface area contributed by atoms with Crippen molar-refractivity contribution in [3.8, 4) is 0 Å². The van der Waals surface area contributed by atoms with Crippen LogP contribution in [0.25, 0.3) is 11.2 Å². The van der Waals surface area contributed by atoms with Crippen molar-refractivity contribution in [2.45, 2.75) is 40.3 Å². The minimum atomic E-state index is -0.000871. The molecular formula is C18H22N6O. The fraction of sp³-hybridized carbons (Fsp3) is 0.444. The number of pyridine rings is 1. The van der Waals surface area contributed by atoms with Crippen molar-refractivity contribution in [1.82, 2.24) is 29.6 Å². The second kappa shape index (κ2) is 5.98. The molecule has 0 unspecified atom stereocenters. The van der Waals surface area contributed by atoms with Gasteiger partial charge in [0.15, 0.2) is 5.65 Å². The summed E-state index contributed by atoms with van der Waals surface area (Å²) in [6.07, 6.45) is 4.25. The number of aromatic amines is 1. The van der Waals surface area contributed by atoms with Gasteiger partial charge in [0.1, 0.15) is 5.52 Å². The molecule has 0 radical (unpaired) electrons. The van der Waals surface area contributed by atoms with Crippen molar-refractivity contribution in [2.75, 3.05) is 6.54 Å². The first-order valence-electron chi connectivity index (χ1n) is 8.66. The van der Waals surface area contributed by atoms with Crippen LogP contribution in [0.5, 0.6) is 0 Å². The van der Waals surface area contributed by atoms with Gasteiger partial charge in [-0.05, 0) is 18.9 Å². The summed E-state index contributed by atoms with van der Waals surface area (Å²) in [6.45, 7) is 8.45. The van der Waals surface area contributed by atoms with E-state index in [0.717, 1.165) is 41.1 Å². The number of rotatable bonds is 3. The fourth-order valence-electron chi connectivity index (χ4n) is 3.38. The zero-order valence-electron chi connectivity index (χ0n) is 14.8. The highest BCUT2D eigenvalue weighted by Crippen LogP contribution is 2.22. The third-order valence-corrected chi connectivity index (χ3v) is 4.68. The highest BCUT2D eigenvalue weighted by Gasteiger charge is 2.25. The van der Waals surface area contributed by atoms with Gasteiger partial charge in [-0.1, -0.05) is 13.8 Å². The first-order valence-corrected chi connectivity index (χ1v) is 8.66. The SMILES string of the molecule is Cc1[nH]nc2c1CN(C(=O)c1cnc3c(c1)ncn3CC(C)C)CC2. The maximum atomic E-state index is 12.9. The van der Waals surface area contributed by atoms with Crippen LogP contribution in [-0.4, -0.2) is 42.1 Å². The van der Waals surface area contributed by atoms with E-state index in [9.17, 15) is 4.79 Å². The molecule has 1 aliphatic heterocycles. The van der Waals surface area contributed by atoms with Crippen LogP contribution in [0.3, 0.4) is 0 Å². The number of aryl methyl sites for hydroxylation is 1. The maximum absolute atomic E-state index is 12.9. The lowest BCUT2D eigenvalue weighted by atomic mass is 10.0. The van der Waals surface area contributed by atoms with Crippen LogP contribution in [0.4, 0.5) is 0 Å². The average molecular weight is 338 g/mol. The van der Waals surface area contributed by atoms with Crippen molar-refractivity contribution in [3.05, 3.63) is 41.1 Å². The normalized spacial score (nSPS) is 14.3. The van der Waals surface area contributed by atoms with E-state index in [2.05, 4.69) is 34.0 Å². The number of carbonyl (C=O) groups is 1. The molecule has 0 saturated carbocycles. The van der Waals surface area contributed by atoms with Gasteiger partial charge in [0.05, 0.1) is 17.6 Å². The molecule has 1 N–H and O–H groups in total. The number of fused-ring (bicyclic) bond motifs is 2. The Labute approximate surface area is 146 Å². The summed E-state index contributed by atoms with van der Waals surface area (Å²) in [5.41, 5.74) is 5.43. The largest absolute Gasteiger partial charge is 0.334 e. The van der Waals surface area contributed by atoms with Crippen molar-refractivity contribution >= 4 is 17.1 Å². The van der Waals surface area contributed by atoms with Gasteiger partial charge in [-0.2, -0.15) is 5.10 Å². The third-order valence-electron chi connectivity index (χ3n) is 4.68. The lowest BCUT2D eigenvalue weighted by Crippen LogP contribution is -2.36. The number of imidazole rings is 1. The van der Waals surface area contributed by atoms with Gasteiger partial charge in [0, 0.05) is 43.5 Å². The van der Waals surface area contributed by atoms with E-state index in [1.165, 1.54) is 0 Å². The van der Waals surface area contributed by atoms with Crippen LogP contribution in [-0.2, 0) is 19.5 Å². The minimum Gasteiger partial charge on any atom is -0.334 e. The smallest absolute Gasteiger partial charge is 0.255 e. The van der Waals surface area contributed by atoms with Gasteiger partial charge in [0.2, 0.25) is 0 Å². The summed E-state index contributed by atoms with van der Waals surface area (Å²) >= 11 is 0. The Morgan fingerprint density at radius 1 is 1.36 bits per heavy atom. The minimum absolute atomic E-state index is 0.000871. The Balaban J connectivity index is 1.59. The summed E-state index contributed by atoms with van der Waals surface area (Å²) in [6, 6.07) is 1.85. The van der Waals surface area contributed by atoms with Crippen LogP contribution in [0.15, 0.2) is 18.6 Å². The molecule has 1 amide bonds. The molecule has 0 aromatic carbocycles. The Morgan fingerprint density at radius 3 is 3.00 bits per heavy atom. The van der Waals surface area contributed by atoms with E-state index in [4.69, 9.17) is 0 Å². The summed E-state index contributed by atoms with van der Waals surface area (Å²) in [5, 5.41) is 7.31. The fourth-order valence-corrected chi connectivity index (χ4v) is 3.38. The van der Waals surface area contributed by atoms with Crippen LogP contribution in [0, 0.1) is 12.8 Å². The van der Waals surface area contributed by atoms with Crippen LogP contribution < -0.4 is 0 Å². The Bertz CT molecular complexity index is 938. The molecule has 4 rings (SSSR count). The highest BCUT2D eigenvalue weighted by atomic mass is 16.2. The maximum Gasteiger partial charge on any atom is 0.255 e. The molecule has 0 saturated heterocycles. The van der Waals surface area contributed by atoms with Gasteiger partial charge in [-0.25, -0.2) is 9.97 Å². The zero-order valence-corrected chi connectivity index (χ0v) is 14.8. The Hall–Kier alpha value is -2.70. The van der Waals surface area contributed by atoms with Crippen LogP contribution in [0.1, 0.15) is 41.2 Å². The molecule has 3 aromatic heterocycles. The molecule has 25 heavy (non-hydrogen) atoms. The molecule has 0 bridgehead atoms. The first-order chi connectivity index (χ1) is 12.0. The van der Waals surface area contributed by atoms with Crippen molar-refractivity contribution in [1.29, 1.82) is 0 Å². The van der Waals surface area contributed by atoms with Gasteiger partial charge >= 0.3 is 0 Å². The summed E-state index contributed by atoms with van der Waals surface area (Å²) in [7, 11) is 0. The number of H-pyrrole nitrogens is 1. The van der Waals surface area contributed by atoms with E-state index in [1.54, 1.807) is 12.5 Å². The molecule has 4 heterocycles. The quantitative estimate of drug-likeness (QED) is 0.795. The predicted octanol–water partition coefficient (Wildman–Crippen LogP) is 2.32. The molecule has 7 heteroatoms. The van der Waals surface area contributed by atoms with E-state index in [1.807, 2.05) is 22.5 Å². The Morgan fingerprint density at radius 2 is 2.20 bits per heavy atom. The molecule has 130 valence electrons. The van der Waals surface area contributed by atoms with Gasteiger partial charge in [-0.3, -0.25) is 9.89 Å². The molecule has 7 nitrogen and oxygen atoms in total. The number of hydrogen-bond donors (Lipinski definition) is 1. The van der Waals surface area contributed by atoms with Crippen molar-refractivity contribution < 1.29 is 4.79 Å². The lowest BCUT2D eigenvalue weighted by Gasteiger charge is -2.26. The van der Waals surface area contributed by atoms with Crippen molar-refractivity contribution in [3.63, 3.8) is 0 Å². The van der Waals surface area contributed by atoms with E-state index in [-0.39, 0.29) is 5.91 Å². The number of nitrogens with zero attached hydrogens (tertiary/aromatic N) is 5. The third kappa shape index (κ3) is 2.79. The van der Waals surface area contributed by atoms with E-state index < -0.39 is 0 Å². The first kappa shape index (κ1) is 15.8. The van der Waals surface area contributed by atoms with E-state index >= 15 is 0 Å². The molecule has 3 aromatic rings. The monoisotopic (exact) mass is 338 g/mol. The highest BCUT2D eigenvalue weighted by molar-refractivity contribution is 5.96. The molecule has 0 aliphatic carbocycles. The van der Waals surface area contributed by atoms with Gasteiger partial charge in [0.25, 0.3) is 5.91 Å². The number of hydrogen-bond acceptors (Lipinski definition) is 4. The number of nitrogens with one attached hydrogen (secondary N) is 1. The molecule has 0 atom stereocenters. The zero-order chi connectivity index (χ0) is 17.6. The number of aromatic nitrogens is 5. The van der Waals surface area contributed by atoms with Gasteiger partial charge in [-0.15, -0.1) is 0 Å². The summed E-state index contributed by atoms with van der Waals surface area (Å²) in [5.74, 6) is 0.514. The van der Waals surface area contributed by atoms with Crippen LogP contribution >= 0.6 is 0 Å². The van der Waals surface area contributed by atoms with Gasteiger partial charge < -0.3 is 9.47 Å².